The van der Waals surface area contributed by atoms with Crippen molar-refractivity contribution in [1.29, 1.82) is 0 Å². The Bertz CT molecular complexity index is 697. The Morgan fingerprint density at radius 2 is 2.11 bits per heavy atom. The van der Waals surface area contributed by atoms with Crippen molar-refractivity contribution in [3.05, 3.63) is 30.5 Å². The van der Waals surface area contributed by atoms with Crippen LogP contribution in [-0.4, -0.2) is 36.1 Å². The Morgan fingerprint density at radius 1 is 1.21 bits per heavy atom. The molecule has 0 saturated carbocycles. The molecule has 0 aliphatic heterocycles. The summed E-state index contributed by atoms with van der Waals surface area (Å²) in [5.74, 6) is 0.807. The van der Waals surface area contributed by atoms with E-state index < -0.39 is 0 Å². The van der Waals surface area contributed by atoms with E-state index in [1.54, 1.807) is 17.2 Å². The number of nitrogens with zero attached hydrogens (tertiary/aromatic N) is 6. The summed E-state index contributed by atoms with van der Waals surface area (Å²) in [7, 11) is 1.87. The maximum atomic E-state index is 4.25. The van der Waals surface area contributed by atoms with E-state index in [9.17, 15) is 0 Å². The summed E-state index contributed by atoms with van der Waals surface area (Å²) in [5.41, 5.74) is 1.99. The maximum absolute atomic E-state index is 4.25. The van der Waals surface area contributed by atoms with Crippen LogP contribution >= 0.6 is 0 Å². The highest BCUT2D eigenvalue weighted by molar-refractivity contribution is 5.85. The third-order valence-electron chi connectivity index (χ3n) is 2.93. The largest absolute Gasteiger partial charge is 0.367 e. The lowest BCUT2D eigenvalue weighted by molar-refractivity contribution is 0.637. The van der Waals surface area contributed by atoms with Crippen molar-refractivity contribution < 1.29 is 0 Å². The van der Waals surface area contributed by atoms with Crippen LogP contribution in [0.5, 0.6) is 0 Å². The van der Waals surface area contributed by atoms with Gasteiger partial charge in [0, 0.05) is 19.8 Å². The molecular weight excluding hydrogens is 242 g/mol. The van der Waals surface area contributed by atoms with Crippen LogP contribution in [-0.2, 0) is 13.6 Å². The van der Waals surface area contributed by atoms with Crippen molar-refractivity contribution >= 4 is 16.9 Å². The fourth-order valence-corrected chi connectivity index (χ4v) is 1.98. The maximum Gasteiger partial charge on any atom is 0.163 e. The number of fused-ring (bicyclic) bond motifs is 1. The lowest BCUT2D eigenvalue weighted by atomic mass is 10.4. The Hall–Kier alpha value is -2.44. The van der Waals surface area contributed by atoms with Crippen molar-refractivity contribution in [2.45, 2.75) is 13.5 Å². The van der Waals surface area contributed by atoms with E-state index in [4.69, 9.17) is 0 Å². The first kappa shape index (κ1) is 11.6. The van der Waals surface area contributed by atoms with Gasteiger partial charge in [0.25, 0.3) is 0 Å². The van der Waals surface area contributed by atoms with Crippen LogP contribution in [0.3, 0.4) is 0 Å². The van der Waals surface area contributed by atoms with Crippen molar-refractivity contribution in [2.24, 2.45) is 7.05 Å². The highest BCUT2D eigenvalue weighted by Crippen LogP contribution is 2.17. The first-order valence-corrected chi connectivity index (χ1v) is 6.09. The molecule has 0 aromatic carbocycles. The molecule has 1 N–H and O–H groups in total. The van der Waals surface area contributed by atoms with Gasteiger partial charge in [0.1, 0.15) is 12.1 Å². The second kappa shape index (κ2) is 4.68. The summed E-state index contributed by atoms with van der Waals surface area (Å²) in [6.45, 7) is 3.57. The second-order valence-corrected chi connectivity index (χ2v) is 4.44. The first-order valence-electron chi connectivity index (χ1n) is 6.09. The van der Waals surface area contributed by atoms with Crippen molar-refractivity contribution in [2.75, 3.05) is 11.9 Å². The summed E-state index contributed by atoms with van der Waals surface area (Å²) in [6, 6.07) is 0. The molecule has 98 valence electrons. The van der Waals surface area contributed by atoms with E-state index in [0.29, 0.717) is 0 Å². The Labute approximate surface area is 110 Å². The van der Waals surface area contributed by atoms with Crippen LogP contribution in [0.25, 0.3) is 11.0 Å². The molecule has 0 fully saturated rings. The van der Waals surface area contributed by atoms with E-state index in [1.807, 2.05) is 31.0 Å². The zero-order chi connectivity index (χ0) is 13.2. The molecule has 0 spiro atoms. The van der Waals surface area contributed by atoms with Gasteiger partial charge in [-0.2, -0.15) is 10.2 Å². The van der Waals surface area contributed by atoms with E-state index in [-0.39, 0.29) is 0 Å². The fourth-order valence-electron chi connectivity index (χ4n) is 1.98. The molecule has 3 rings (SSSR count). The third kappa shape index (κ3) is 2.26. The van der Waals surface area contributed by atoms with Crippen molar-refractivity contribution in [1.82, 2.24) is 29.5 Å². The number of rotatable bonds is 4. The first-order chi connectivity index (χ1) is 9.24. The summed E-state index contributed by atoms with van der Waals surface area (Å²) < 4.78 is 3.64. The minimum Gasteiger partial charge on any atom is -0.367 e. The molecule has 3 aromatic heterocycles. The van der Waals surface area contributed by atoms with E-state index in [2.05, 4.69) is 25.5 Å². The molecular formula is C12H15N7. The molecule has 0 atom stereocenters. The molecule has 3 aromatic rings. The van der Waals surface area contributed by atoms with Gasteiger partial charge in [0.05, 0.1) is 24.3 Å². The summed E-state index contributed by atoms with van der Waals surface area (Å²) in [5, 5.41) is 12.6. The second-order valence-electron chi connectivity index (χ2n) is 4.44. The molecule has 7 nitrogen and oxygen atoms in total. The molecule has 7 heteroatoms. The number of anilines is 1. The number of aryl methyl sites for hydroxylation is 2. The predicted molar refractivity (Wildman–Crippen MR) is 71.8 cm³/mol. The Balaban J connectivity index is 1.71. The van der Waals surface area contributed by atoms with E-state index in [0.717, 1.165) is 35.5 Å². The minimum absolute atomic E-state index is 0.752. The van der Waals surface area contributed by atoms with Gasteiger partial charge in [0.2, 0.25) is 0 Å². The minimum atomic E-state index is 0.752. The van der Waals surface area contributed by atoms with Crippen LogP contribution in [0, 0.1) is 6.92 Å². The summed E-state index contributed by atoms with van der Waals surface area (Å²) in [4.78, 5) is 8.45. The molecule has 19 heavy (non-hydrogen) atoms. The van der Waals surface area contributed by atoms with Crippen LogP contribution in [0.1, 0.15) is 5.56 Å². The quantitative estimate of drug-likeness (QED) is 0.754. The molecule has 3 heterocycles. The molecule has 0 aliphatic rings. The highest BCUT2D eigenvalue weighted by Gasteiger charge is 2.06. The Morgan fingerprint density at radius 3 is 2.89 bits per heavy atom. The molecule has 0 bridgehead atoms. The molecule has 0 radical (unpaired) electrons. The van der Waals surface area contributed by atoms with Crippen LogP contribution < -0.4 is 5.32 Å². The average Bonchev–Trinajstić information content (AvgIpc) is 2.98. The highest BCUT2D eigenvalue weighted by atomic mass is 15.3. The van der Waals surface area contributed by atoms with Gasteiger partial charge < -0.3 is 5.32 Å². The van der Waals surface area contributed by atoms with E-state index in [1.165, 1.54) is 0 Å². The SMILES string of the molecule is Cc1cnn(CCNc2ncnc3c2cnn3C)c1. The van der Waals surface area contributed by atoms with Crippen molar-refractivity contribution in [3.63, 3.8) is 0 Å². The Kier molecular flexibility index (Phi) is 2.86. The number of hydrogen-bond acceptors (Lipinski definition) is 5. The zero-order valence-electron chi connectivity index (χ0n) is 10.9. The van der Waals surface area contributed by atoms with Crippen molar-refractivity contribution in [3.8, 4) is 0 Å². The smallest absolute Gasteiger partial charge is 0.163 e. The average molecular weight is 257 g/mol. The fraction of sp³-hybridized carbons (Fsp3) is 0.333. The van der Waals surface area contributed by atoms with Gasteiger partial charge in [0.15, 0.2) is 5.65 Å². The normalized spacial score (nSPS) is 11.1. The van der Waals surface area contributed by atoms with Gasteiger partial charge in [-0.1, -0.05) is 0 Å². The molecule has 0 saturated heterocycles. The van der Waals surface area contributed by atoms with Gasteiger partial charge >= 0.3 is 0 Å². The monoisotopic (exact) mass is 257 g/mol. The van der Waals surface area contributed by atoms with Crippen LogP contribution in [0.2, 0.25) is 0 Å². The third-order valence-corrected chi connectivity index (χ3v) is 2.93. The lowest BCUT2D eigenvalue weighted by Crippen LogP contribution is -2.12. The summed E-state index contributed by atoms with van der Waals surface area (Å²) >= 11 is 0. The molecule has 0 amide bonds. The van der Waals surface area contributed by atoms with Gasteiger partial charge in [-0.3, -0.25) is 9.36 Å². The van der Waals surface area contributed by atoms with Gasteiger partial charge in [-0.05, 0) is 12.5 Å². The van der Waals surface area contributed by atoms with Gasteiger partial charge in [-0.25, -0.2) is 9.97 Å². The predicted octanol–water partition coefficient (Wildman–Crippen LogP) is 0.980. The number of hydrogen-bond donors (Lipinski definition) is 1. The lowest BCUT2D eigenvalue weighted by Gasteiger charge is -2.06. The number of nitrogens with one attached hydrogen (secondary N) is 1. The zero-order valence-corrected chi connectivity index (χ0v) is 10.9. The standard InChI is InChI=1S/C12H15N7/c1-9-5-17-19(7-9)4-3-13-11-10-6-16-18(2)12(10)15-8-14-11/h5-8H,3-4H2,1-2H3,(H,13,14,15). The summed E-state index contributed by atoms with van der Waals surface area (Å²) in [6.07, 6.45) is 7.19. The molecule has 0 aliphatic carbocycles. The number of aromatic nitrogens is 6. The van der Waals surface area contributed by atoms with Crippen LogP contribution in [0.4, 0.5) is 5.82 Å². The van der Waals surface area contributed by atoms with E-state index >= 15 is 0 Å². The molecule has 0 unspecified atom stereocenters. The topological polar surface area (TPSA) is 73.5 Å². The van der Waals surface area contributed by atoms with Gasteiger partial charge in [-0.15, -0.1) is 0 Å². The van der Waals surface area contributed by atoms with Crippen LogP contribution in [0.15, 0.2) is 24.9 Å².